The summed E-state index contributed by atoms with van der Waals surface area (Å²) >= 11 is 0. The van der Waals surface area contributed by atoms with E-state index in [-0.39, 0.29) is 0 Å². The second-order valence-electron chi connectivity index (χ2n) is 3.25. The predicted molar refractivity (Wildman–Crippen MR) is 52.2 cm³/mol. The summed E-state index contributed by atoms with van der Waals surface area (Å²) in [4.78, 5) is 6.67. The van der Waals surface area contributed by atoms with Crippen LogP contribution in [0.3, 0.4) is 0 Å². The third-order valence-corrected chi connectivity index (χ3v) is 1.95. The van der Waals surface area contributed by atoms with Crippen LogP contribution in [0.1, 0.15) is 5.69 Å². The van der Waals surface area contributed by atoms with Gasteiger partial charge in [-0.15, -0.1) is 0 Å². The number of allylic oxidation sites excluding steroid dienone is 2. The second kappa shape index (κ2) is 4.86. The number of hydrogen-bond donors (Lipinski definition) is 2. The molecule has 0 saturated heterocycles. The Morgan fingerprint density at radius 2 is 1.68 bits per heavy atom. The first-order chi connectivity index (χ1) is 8.55. The molecule has 104 valence electrons. The van der Waals surface area contributed by atoms with Crippen molar-refractivity contribution in [2.45, 2.75) is 12.4 Å². The van der Waals surface area contributed by atoms with Crippen LogP contribution in [0.5, 0.6) is 0 Å². The van der Waals surface area contributed by atoms with Crippen molar-refractivity contribution in [3.8, 4) is 0 Å². The van der Waals surface area contributed by atoms with Crippen molar-refractivity contribution in [2.75, 3.05) is 0 Å². The van der Waals surface area contributed by atoms with E-state index in [1.54, 1.807) is 0 Å². The Morgan fingerprint density at radius 1 is 1.11 bits per heavy atom. The van der Waals surface area contributed by atoms with Crippen LogP contribution < -0.4 is 5.73 Å². The van der Waals surface area contributed by atoms with Crippen LogP contribution in [-0.2, 0) is 0 Å². The van der Waals surface area contributed by atoms with Gasteiger partial charge in [-0.2, -0.15) is 26.3 Å². The molecule has 0 bridgehead atoms. The number of nitrogens with zero attached hydrogens (tertiary/aromatic N) is 2. The maximum Gasteiger partial charge on any atom is 0.431 e. The van der Waals surface area contributed by atoms with Gasteiger partial charge in [-0.05, 0) is 6.07 Å². The van der Waals surface area contributed by atoms with Crippen molar-refractivity contribution in [3.63, 3.8) is 0 Å². The van der Waals surface area contributed by atoms with E-state index in [1.807, 2.05) is 0 Å². The van der Waals surface area contributed by atoms with Crippen LogP contribution in [0.4, 0.5) is 26.3 Å². The molecule has 0 aliphatic rings. The van der Waals surface area contributed by atoms with Crippen molar-refractivity contribution in [3.05, 3.63) is 35.6 Å². The van der Waals surface area contributed by atoms with E-state index in [0.717, 1.165) is 18.6 Å². The predicted octanol–water partition coefficient (Wildman–Crippen LogP) is 2.18. The molecule has 0 amide bonds. The molecule has 10 heteroatoms. The average Bonchev–Trinajstić information content (AvgIpc) is 2.27. The third kappa shape index (κ3) is 3.42. The normalized spacial score (nSPS) is 14.0. The van der Waals surface area contributed by atoms with Gasteiger partial charge in [0.25, 0.3) is 0 Å². The maximum atomic E-state index is 12.6. The topological polar surface area (TPSA) is 75.7 Å². The van der Waals surface area contributed by atoms with Crippen LogP contribution in [0.15, 0.2) is 29.9 Å². The first kappa shape index (κ1) is 14.9. The van der Waals surface area contributed by atoms with Crippen LogP contribution >= 0.6 is 0 Å². The monoisotopic (exact) mass is 284 g/mol. The van der Waals surface area contributed by atoms with Crippen molar-refractivity contribution >= 4 is 5.71 Å². The number of hydrogen-bond acceptors (Lipinski definition) is 4. The number of nitrogens with one attached hydrogen (secondary N) is 1. The van der Waals surface area contributed by atoms with Gasteiger partial charge in [0.1, 0.15) is 17.6 Å². The van der Waals surface area contributed by atoms with E-state index in [9.17, 15) is 26.3 Å². The van der Waals surface area contributed by atoms with Gasteiger partial charge in [-0.3, -0.25) is 5.41 Å². The number of halogens is 6. The molecule has 19 heavy (non-hydrogen) atoms. The Hall–Kier alpha value is -2.13. The lowest BCUT2D eigenvalue weighted by Crippen LogP contribution is -2.32. The van der Waals surface area contributed by atoms with Gasteiger partial charge in [0.05, 0.1) is 11.4 Å². The molecule has 0 saturated carbocycles. The first-order valence-electron chi connectivity index (χ1n) is 4.54. The smallest absolute Gasteiger partial charge is 0.394 e. The Morgan fingerprint density at radius 3 is 2.05 bits per heavy atom. The van der Waals surface area contributed by atoms with Crippen molar-refractivity contribution < 1.29 is 26.3 Å². The number of nitrogens with two attached hydrogens (primary N) is 1. The van der Waals surface area contributed by atoms with Gasteiger partial charge in [0.2, 0.25) is 0 Å². The molecule has 0 aliphatic heterocycles. The van der Waals surface area contributed by atoms with E-state index >= 15 is 0 Å². The SMILES string of the molecule is N=C(C(=C(N)C(F)(F)F)C(F)(F)F)c1ccncn1. The highest BCUT2D eigenvalue weighted by molar-refractivity contribution is 6.10. The standard InChI is InChI=1S/C9H6F6N4/c10-8(11,12)5(7(17)9(13,14)15)6(16)4-1-2-18-3-19-4/h1-3,16H,17H2. The van der Waals surface area contributed by atoms with E-state index in [4.69, 9.17) is 5.41 Å². The zero-order chi connectivity index (χ0) is 14.8. The molecular formula is C9H6F6N4. The molecule has 1 aromatic heterocycles. The highest BCUT2D eigenvalue weighted by Gasteiger charge is 2.46. The molecule has 0 radical (unpaired) electrons. The highest BCUT2D eigenvalue weighted by Crippen LogP contribution is 2.35. The van der Waals surface area contributed by atoms with E-state index in [0.29, 0.717) is 0 Å². The fourth-order valence-corrected chi connectivity index (χ4v) is 1.14. The summed E-state index contributed by atoms with van der Waals surface area (Å²) in [6, 6.07) is 0.873. The number of alkyl halides is 6. The zero-order valence-electron chi connectivity index (χ0n) is 8.97. The van der Waals surface area contributed by atoms with Gasteiger partial charge in [-0.1, -0.05) is 0 Å². The van der Waals surface area contributed by atoms with Gasteiger partial charge in [0.15, 0.2) is 0 Å². The molecule has 0 unspecified atom stereocenters. The van der Waals surface area contributed by atoms with Crippen molar-refractivity contribution in [2.24, 2.45) is 5.73 Å². The quantitative estimate of drug-likeness (QED) is 0.645. The van der Waals surface area contributed by atoms with Crippen LogP contribution in [0.25, 0.3) is 0 Å². The molecule has 0 aliphatic carbocycles. The Bertz CT molecular complexity index is 502. The minimum absolute atomic E-state index is 0.616. The molecule has 1 heterocycles. The minimum Gasteiger partial charge on any atom is -0.394 e. The summed E-state index contributed by atoms with van der Waals surface area (Å²) in [5.74, 6) is 0. The second-order valence-corrected chi connectivity index (χ2v) is 3.25. The van der Waals surface area contributed by atoms with Crippen LogP contribution in [0.2, 0.25) is 0 Å². The largest absolute Gasteiger partial charge is 0.431 e. The fourth-order valence-electron chi connectivity index (χ4n) is 1.14. The number of aromatic nitrogens is 2. The Balaban J connectivity index is 3.41. The molecule has 0 spiro atoms. The molecule has 0 aromatic carbocycles. The lowest BCUT2D eigenvalue weighted by atomic mass is 10.0. The molecule has 1 rings (SSSR count). The lowest BCUT2D eigenvalue weighted by Gasteiger charge is -2.17. The molecule has 3 N–H and O–H groups in total. The van der Waals surface area contributed by atoms with E-state index in [1.165, 1.54) is 0 Å². The fraction of sp³-hybridized carbons (Fsp3) is 0.222. The number of rotatable bonds is 2. The summed E-state index contributed by atoms with van der Waals surface area (Å²) in [6.45, 7) is 0. The molecule has 1 aromatic rings. The molecular weight excluding hydrogens is 278 g/mol. The summed E-state index contributed by atoms with van der Waals surface area (Å²) in [6.07, 6.45) is -9.03. The first-order valence-corrected chi connectivity index (χ1v) is 4.54. The molecule has 0 atom stereocenters. The Kier molecular flexibility index (Phi) is 3.82. The van der Waals surface area contributed by atoms with Crippen LogP contribution in [-0.4, -0.2) is 28.0 Å². The zero-order valence-corrected chi connectivity index (χ0v) is 8.97. The highest BCUT2D eigenvalue weighted by atomic mass is 19.4. The molecule has 4 nitrogen and oxygen atoms in total. The Labute approximate surface area is 102 Å². The van der Waals surface area contributed by atoms with E-state index in [2.05, 4.69) is 15.7 Å². The lowest BCUT2D eigenvalue weighted by molar-refractivity contribution is -0.112. The summed E-state index contributed by atoms with van der Waals surface area (Å²) < 4.78 is 74.7. The van der Waals surface area contributed by atoms with Gasteiger partial charge in [-0.25, -0.2) is 9.97 Å². The summed E-state index contributed by atoms with van der Waals surface area (Å²) in [7, 11) is 0. The van der Waals surface area contributed by atoms with Gasteiger partial charge >= 0.3 is 12.4 Å². The minimum atomic E-state index is -5.43. The average molecular weight is 284 g/mol. The van der Waals surface area contributed by atoms with E-state index < -0.39 is 35.0 Å². The summed E-state index contributed by atoms with van der Waals surface area (Å²) in [5, 5.41) is 7.20. The summed E-state index contributed by atoms with van der Waals surface area (Å²) in [5.41, 5.74) is -2.28. The maximum absolute atomic E-state index is 12.6. The van der Waals surface area contributed by atoms with Crippen molar-refractivity contribution in [1.29, 1.82) is 5.41 Å². The van der Waals surface area contributed by atoms with Gasteiger partial charge < -0.3 is 5.73 Å². The van der Waals surface area contributed by atoms with Crippen molar-refractivity contribution in [1.82, 2.24) is 9.97 Å². The molecule has 0 fully saturated rings. The van der Waals surface area contributed by atoms with Crippen LogP contribution in [0, 0.1) is 5.41 Å². The third-order valence-electron chi connectivity index (χ3n) is 1.95. The van der Waals surface area contributed by atoms with Gasteiger partial charge in [0, 0.05) is 6.20 Å².